The molecule has 1 fully saturated rings. The first kappa shape index (κ1) is 14.0. The second-order valence-electron chi connectivity index (χ2n) is 5.17. The Morgan fingerprint density at radius 1 is 1.20 bits per heavy atom. The molecule has 1 aliphatic carbocycles. The molecule has 5 heteroatoms. The van der Waals surface area contributed by atoms with Gasteiger partial charge in [0.05, 0.1) is 0 Å². The van der Waals surface area contributed by atoms with E-state index in [0.717, 1.165) is 27.3 Å². The zero-order chi connectivity index (χ0) is 14.1. The summed E-state index contributed by atoms with van der Waals surface area (Å²) in [6.07, 6.45) is 2.43. The fourth-order valence-electron chi connectivity index (χ4n) is 2.13. The lowest BCUT2D eigenvalue weighted by atomic mass is 10.2. The lowest BCUT2D eigenvalue weighted by Gasteiger charge is -2.19. The van der Waals surface area contributed by atoms with Gasteiger partial charge in [-0.15, -0.1) is 0 Å². The van der Waals surface area contributed by atoms with Crippen LogP contribution in [-0.4, -0.2) is 17.0 Å². The molecule has 1 aromatic heterocycles. The number of rotatable bonds is 4. The Balaban J connectivity index is 1.81. The highest BCUT2D eigenvalue weighted by atomic mass is 79.9. The summed E-state index contributed by atoms with van der Waals surface area (Å²) in [5.74, 6) is 2.50. The molecular weight excluding hydrogens is 382 g/mol. The van der Waals surface area contributed by atoms with E-state index < -0.39 is 0 Å². The monoisotopic (exact) mass is 395 g/mol. The predicted molar refractivity (Wildman–Crippen MR) is 88.0 cm³/mol. The van der Waals surface area contributed by atoms with Crippen LogP contribution in [0.1, 0.15) is 30.1 Å². The van der Waals surface area contributed by atoms with Crippen LogP contribution in [-0.2, 0) is 6.54 Å². The molecule has 1 saturated carbocycles. The van der Waals surface area contributed by atoms with Crippen molar-refractivity contribution < 1.29 is 0 Å². The van der Waals surface area contributed by atoms with E-state index in [0.29, 0.717) is 5.92 Å². The lowest BCUT2D eigenvalue weighted by molar-refractivity contribution is 0.848. The fraction of sp³-hybridized carbons (Fsp3) is 0.333. The van der Waals surface area contributed by atoms with Crippen LogP contribution in [0, 0.1) is 0 Å². The second kappa shape index (κ2) is 5.82. The number of hydrogen-bond donors (Lipinski definition) is 0. The number of aromatic nitrogens is 2. The Morgan fingerprint density at radius 2 is 2.00 bits per heavy atom. The van der Waals surface area contributed by atoms with Crippen LogP contribution in [0.4, 0.5) is 5.82 Å². The molecule has 1 aromatic carbocycles. The summed E-state index contributed by atoms with van der Waals surface area (Å²) in [7, 11) is 2.06. The topological polar surface area (TPSA) is 29.0 Å². The SMILES string of the molecule is CN(Cc1cccc(Br)c1)c1cc(Br)nc(C2CC2)n1. The van der Waals surface area contributed by atoms with Gasteiger partial charge in [-0.2, -0.15) is 0 Å². The largest absolute Gasteiger partial charge is 0.355 e. The van der Waals surface area contributed by atoms with Gasteiger partial charge in [0.25, 0.3) is 0 Å². The van der Waals surface area contributed by atoms with E-state index in [-0.39, 0.29) is 0 Å². The third-order valence-electron chi connectivity index (χ3n) is 3.34. The van der Waals surface area contributed by atoms with Crippen LogP contribution in [0.15, 0.2) is 39.4 Å². The van der Waals surface area contributed by atoms with Gasteiger partial charge in [0.1, 0.15) is 16.2 Å². The van der Waals surface area contributed by atoms with E-state index in [9.17, 15) is 0 Å². The van der Waals surface area contributed by atoms with Gasteiger partial charge in [0.2, 0.25) is 0 Å². The van der Waals surface area contributed by atoms with Gasteiger partial charge in [-0.25, -0.2) is 9.97 Å². The van der Waals surface area contributed by atoms with Crippen LogP contribution in [0.5, 0.6) is 0 Å². The first-order valence-corrected chi connectivity index (χ1v) is 8.20. The summed E-state index contributed by atoms with van der Waals surface area (Å²) in [5, 5.41) is 0. The summed E-state index contributed by atoms with van der Waals surface area (Å²) in [5.41, 5.74) is 1.25. The maximum Gasteiger partial charge on any atom is 0.135 e. The molecule has 0 unspecified atom stereocenters. The van der Waals surface area contributed by atoms with Gasteiger partial charge in [0, 0.05) is 30.0 Å². The molecule has 104 valence electrons. The molecular formula is C15H15Br2N3. The molecule has 0 saturated heterocycles. The van der Waals surface area contributed by atoms with E-state index in [1.165, 1.54) is 18.4 Å². The second-order valence-corrected chi connectivity index (χ2v) is 6.90. The zero-order valence-electron chi connectivity index (χ0n) is 11.2. The first-order valence-electron chi connectivity index (χ1n) is 6.62. The van der Waals surface area contributed by atoms with Gasteiger partial charge >= 0.3 is 0 Å². The van der Waals surface area contributed by atoms with Crippen molar-refractivity contribution in [2.75, 3.05) is 11.9 Å². The van der Waals surface area contributed by atoms with Gasteiger partial charge < -0.3 is 4.90 Å². The molecule has 0 spiro atoms. The van der Waals surface area contributed by atoms with E-state index in [1.807, 2.05) is 12.1 Å². The van der Waals surface area contributed by atoms with Crippen molar-refractivity contribution in [2.24, 2.45) is 0 Å². The van der Waals surface area contributed by atoms with Crippen LogP contribution in [0.2, 0.25) is 0 Å². The highest BCUT2D eigenvalue weighted by Gasteiger charge is 2.27. The quantitative estimate of drug-likeness (QED) is 0.711. The summed E-state index contributed by atoms with van der Waals surface area (Å²) in [6, 6.07) is 10.3. The molecule has 20 heavy (non-hydrogen) atoms. The highest BCUT2D eigenvalue weighted by Crippen LogP contribution is 2.39. The molecule has 0 aliphatic heterocycles. The average molecular weight is 397 g/mol. The van der Waals surface area contributed by atoms with Crippen LogP contribution < -0.4 is 4.90 Å². The Hall–Kier alpha value is -0.940. The first-order chi connectivity index (χ1) is 9.61. The molecule has 0 radical (unpaired) electrons. The van der Waals surface area contributed by atoms with Crippen molar-refractivity contribution in [1.29, 1.82) is 0 Å². The Labute approximate surface area is 135 Å². The molecule has 0 N–H and O–H groups in total. The minimum absolute atomic E-state index is 0.561. The smallest absolute Gasteiger partial charge is 0.135 e. The van der Waals surface area contributed by atoms with Crippen LogP contribution in [0.25, 0.3) is 0 Å². The van der Waals surface area contributed by atoms with Crippen molar-refractivity contribution >= 4 is 37.7 Å². The molecule has 2 aromatic rings. The minimum atomic E-state index is 0.561. The van der Waals surface area contributed by atoms with Crippen molar-refractivity contribution in [3.05, 3.63) is 50.8 Å². The predicted octanol–water partition coefficient (Wildman–Crippen LogP) is 4.52. The van der Waals surface area contributed by atoms with Crippen molar-refractivity contribution in [3.63, 3.8) is 0 Å². The molecule has 0 amide bonds. The van der Waals surface area contributed by atoms with Gasteiger partial charge in [-0.1, -0.05) is 28.1 Å². The molecule has 0 atom stereocenters. The fourth-order valence-corrected chi connectivity index (χ4v) is 2.97. The van der Waals surface area contributed by atoms with Gasteiger partial charge in [-0.05, 0) is 46.5 Å². The zero-order valence-corrected chi connectivity index (χ0v) is 14.4. The molecule has 1 aliphatic rings. The number of benzene rings is 1. The third-order valence-corrected chi connectivity index (χ3v) is 4.24. The number of halogens is 2. The van der Waals surface area contributed by atoms with Crippen LogP contribution in [0.3, 0.4) is 0 Å². The maximum atomic E-state index is 4.69. The van der Waals surface area contributed by atoms with E-state index >= 15 is 0 Å². The number of hydrogen-bond acceptors (Lipinski definition) is 3. The number of nitrogens with zero attached hydrogens (tertiary/aromatic N) is 3. The third kappa shape index (κ3) is 3.38. The van der Waals surface area contributed by atoms with E-state index in [4.69, 9.17) is 0 Å². The highest BCUT2D eigenvalue weighted by molar-refractivity contribution is 9.10. The van der Waals surface area contributed by atoms with Gasteiger partial charge in [-0.3, -0.25) is 0 Å². The molecule has 0 bridgehead atoms. The van der Waals surface area contributed by atoms with Crippen molar-refractivity contribution in [3.8, 4) is 0 Å². The van der Waals surface area contributed by atoms with Crippen molar-refractivity contribution in [1.82, 2.24) is 9.97 Å². The van der Waals surface area contributed by atoms with Gasteiger partial charge in [0.15, 0.2) is 0 Å². The summed E-state index contributed by atoms with van der Waals surface area (Å²) >= 11 is 7.00. The summed E-state index contributed by atoms with van der Waals surface area (Å²) in [6.45, 7) is 0.826. The maximum absolute atomic E-state index is 4.69. The average Bonchev–Trinajstić information content (AvgIpc) is 3.22. The standard InChI is InChI=1S/C15H15Br2N3/c1-20(9-10-3-2-4-12(16)7-10)14-8-13(17)18-15(19-14)11-5-6-11/h2-4,7-8,11H,5-6,9H2,1H3. The Morgan fingerprint density at radius 3 is 2.70 bits per heavy atom. The lowest BCUT2D eigenvalue weighted by Crippen LogP contribution is -2.18. The van der Waals surface area contributed by atoms with E-state index in [1.54, 1.807) is 0 Å². The normalized spacial score (nSPS) is 14.3. The number of anilines is 1. The minimum Gasteiger partial charge on any atom is -0.355 e. The molecule has 3 rings (SSSR count). The summed E-state index contributed by atoms with van der Waals surface area (Å²) < 4.78 is 1.97. The van der Waals surface area contributed by atoms with E-state index in [2.05, 4.69) is 72.0 Å². The van der Waals surface area contributed by atoms with Crippen molar-refractivity contribution in [2.45, 2.75) is 25.3 Å². The Kier molecular flexibility index (Phi) is 4.08. The molecule has 3 nitrogen and oxygen atoms in total. The summed E-state index contributed by atoms with van der Waals surface area (Å²) in [4.78, 5) is 11.3. The van der Waals surface area contributed by atoms with Crippen LogP contribution >= 0.6 is 31.9 Å². The molecule has 1 heterocycles. The Bertz CT molecular complexity index is 626.